The normalized spacial score (nSPS) is 15.1. The van der Waals surface area contributed by atoms with Gasteiger partial charge in [0.1, 0.15) is 17.2 Å². The zero-order valence-corrected chi connectivity index (χ0v) is 23.2. The first-order chi connectivity index (χ1) is 17.6. The summed E-state index contributed by atoms with van der Waals surface area (Å²) >= 11 is 0. The van der Waals surface area contributed by atoms with Crippen LogP contribution in [-0.4, -0.2) is 49.2 Å². The van der Waals surface area contributed by atoms with Gasteiger partial charge in [0.15, 0.2) is 11.6 Å². The first-order valence-electron chi connectivity index (χ1n) is 12.3. The summed E-state index contributed by atoms with van der Waals surface area (Å²) in [5, 5.41) is 0. The van der Waals surface area contributed by atoms with Gasteiger partial charge in [0, 0.05) is 42.9 Å². The van der Waals surface area contributed by atoms with Crippen LogP contribution in [0.3, 0.4) is 0 Å². The molecule has 4 rings (SSSR count). The maximum Gasteiger partial charge on any atom is 0.211 e. The first-order valence-corrected chi connectivity index (χ1v) is 14.1. The summed E-state index contributed by atoms with van der Waals surface area (Å²) in [6.07, 6.45) is 2.34. The molecule has 0 unspecified atom stereocenters. The average molecular weight is 548 g/mol. The van der Waals surface area contributed by atoms with Gasteiger partial charge in [0.05, 0.1) is 24.7 Å². The molecule has 0 spiro atoms. The molecule has 1 aromatic heterocycles. The predicted octanol–water partition coefficient (Wildman–Crippen LogP) is 5.53. The molecule has 10 heteroatoms. The largest absolute Gasteiger partial charge is 0.481 e. The summed E-state index contributed by atoms with van der Waals surface area (Å²) in [4.78, 5) is 6.19. The van der Waals surface area contributed by atoms with E-state index >= 15 is 4.39 Å². The van der Waals surface area contributed by atoms with Gasteiger partial charge in [-0.3, -0.25) is 4.98 Å². The third-order valence-electron chi connectivity index (χ3n) is 6.57. The van der Waals surface area contributed by atoms with Gasteiger partial charge in [0.2, 0.25) is 10.0 Å². The van der Waals surface area contributed by atoms with Crippen molar-refractivity contribution in [2.45, 2.75) is 52.3 Å². The zero-order valence-electron chi connectivity index (χ0n) is 22.3. The van der Waals surface area contributed by atoms with Crippen LogP contribution in [0.2, 0.25) is 0 Å². The summed E-state index contributed by atoms with van der Waals surface area (Å²) in [6.45, 7) is 8.25. The molecule has 0 aliphatic carbocycles. The number of ether oxygens (including phenoxy) is 1. The molecule has 0 radical (unpaired) electrons. The summed E-state index contributed by atoms with van der Waals surface area (Å²) in [5.74, 6) is -1.59. The molecule has 2 heterocycles. The quantitative estimate of drug-likeness (QED) is 0.389. The number of benzene rings is 2. The molecule has 0 N–H and O–H groups in total. The van der Waals surface area contributed by atoms with Gasteiger partial charge >= 0.3 is 0 Å². The van der Waals surface area contributed by atoms with Crippen molar-refractivity contribution in [3.05, 3.63) is 76.9 Å². The highest BCUT2D eigenvalue weighted by Crippen LogP contribution is 2.43. The zero-order chi connectivity index (χ0) is 28.0. The molecular weight excluding hydrogens is 515 g/mol. The Morgan fingerprint density at radius 3 is 2.42 bits per heavy atom. The third kappa shape index (κ3) is 5.96. The molecular formula is C28H32F3N3O3S. The summed E-state index contributed by atoms with van der Waals surface area (Å²) in [6, 6.07) is 9.10. The Bertz CT molecular complexity index is 1480. The van der Waals surface area contributed by atoms with Crippen LogP contribution in [0.4, 0.5) is 18.9 Å². The van der Waals surface area contributed by atoms with E-state index in [1.165, 1.54) is 31.3 Å². The van der Waals surface area contributed by atoms with Gasteiger partial charge in [-0.15, -0.1) is 0 Å². The molecule has 6 nitrogen and oxygen atoms in total. The standard InChI is InChI=1S/C28H32F3N3O3S/c1-17(2)34-16-28(3,4)37-27-24(30)11-20(12-26(27)34)22-13-21(32-14-25(22)31)9-18-7-8-19(23(29)10-18)15-33(5)38(6,35)36/h7-8,10-14,17H,9,15-16H2,1-6H3. The Labute approximate surface area is 222 Å². The number of nitrogens with zero attached hydrogens (tertiary/aromatic N) is 3. The van der Waals surface area contributed by atoms with Crippen molar-refractivity contribution in [1.29, 1.82) is 0 Å². The Morgan fingerprint density at radius 2 is 1.79 bits per heavy atom. The summed E-state index contributed by atoms with van der Waals surface area (Å²) in [5.41, 5.74) is 1.79. The molecule has 204 valence electrons. The van der Waals surface area contributed by atoms with E-state index in [0.29, 0.717) is 29.1 Å². The van der Waals surface area contributed by atoms with E-state index in [9.17, 15) is 17.2 Å². The van der Waals surface area contributed by atoms with E-state index < -0.39 is 33.1 Å². The molecule has 2 aromatic carbocycles. The van der Waals surface area contributed by atoms with Crippen LogP contribution in [0.15, 0.2) is 42.6 Å². The smallest absolute Gasteiger partial charge is 0.211 e. The molecule has 1 aliphatic heterocycles. The van der Waals surface area contributed by atoms with Crippen molar-refractivity contribution < 1.29 is 26.3 Å². The lowest BCUT2D eigenvalue weighted by Gasteiger charge is -2.43. The van der Waals surface area contributed by atoms with Crippen molar-refractivity contribution in [3.8, 4) is 16.9 Å². The van der Waals surface area contributed by atoms with Crippen molar-refractivity contribution in [1.82, 2.24) is 9.29 Å². The number of hydrogen-bond donors (Lipinski definition) is 0. The van der Waals surface area contributed by atoms with E-state index in [2.05, 4.69) is 4.98 Å². The molecule has 0 bridgehead atoms. The highest BCUT2D eigenvalue weighted by Gasteiger charge is 2.35. The van der Waals surface area contributed by atoms with E-state index in [1.807, 2.05) is 32.6 Å². The Kier molecular flexibility index (Phi) is 7.51. The summed E-state index contributed by atoms with van der Waals surface area (Å²) < 4.78 is 75.2. The van der Waals surface area contributed by atoms with Crippen molar-refractivity contribution in [2.75, 3.05) is 24.7 Å². The fraction of sp³-hybridized carbons (Fsp3) is 0.393. The second-order valence-corrected chi connectivity index (χ2v) is 12.8. The van der Waals surface area contributed by atoms with Crippen LogP contribution in [0, 0.1) is 17.5 Å². The minimum atomic E-state index is -3.45. The minimum absolute atomic E-state index is 0.0690. The maximum atomic E-state index is 15.3. The van der Waals surface area contributed by atoms with Crippen LogP contribution >= 0.6 is 0 Å². The second-order valence-electron chi connectivity index (χ2n) is 10.7. The van der Waals surface area contributed by atoms with Gasteiger partial charge in [-0.25, -0.2) is 25.9 Å². The summed E-state index contributed by atoms with van der Waals surface area (Å²) in [7, 11) is -2.07. The Balaban J connectivity index is 1.65. The molecule has 0 fully saturated rings. The van der Waals surface area contributed by atoms with E-state index in [4.69, 9.17) is 4.74 Å². The van der Waals surface area contributed by atoms with E-state index in [0.717, 1.165) is 16.8 Å². The van der Waals surface area contributed by atoms with Gasteiger partial charge in [-0.2, -0.15) is 0 Å². The lowest BCUT2D eigenvalue weighted by atomic mass is 9.98. The molecule has 38 heavy (non-hydrogen) atoms. The van der Waals surface area contributed by atoms with Crippen molar-refractivity contribution >= 4 is 15.7 Å². The highest BCUT2D eigenvalue weighted by molar-refractivity contribution is 7.88. The number of anilines is 1. The fourth-order valence-electron chi connectivity index (χ4n) is 4.51. The number of hydrogen-bond acceptors (Lipinski definition) is 5. The monoisotopic (exact) mass is 547 g/mol. The maximum absolute atomic E-state index is 15.3. The highest BCUT2D eigenvalue weighted by atomic mass is 32.2. The fourth-order valence-corrected chi connectivity index (χ4v) is 4.88. The molecule has 3 aromatic rings. The van der Waals surface area contributed by atoms with Crippen LogP contribution in [0.5, 0.6) is 5.75 Å². The van der Waals surface area contributed by atoms with Crippen molar-refractivity contribution in [3.63, 3.8) is 0 Å². The van der Waals surface area contributed by atoms with Gasteiger partial charge in [-0.1, -0.05) is 12.1 Å². The Morgan fingerprint density at radius 1 is 1.08 bits per heavy atom. The lowest BCUT2D eigenvalue weighted by Crippen LogP contribution is -2.49. The molecule has 0 atom stereocenters. The second kappa shape index (κ2) is 10.2. The average Bonchev–Trinajstić information content (AvgIpc) is 2.81. The van der Waals surface area contributed by atoms with Gasteiger partial charge < -0.3 is 9.64 Å². The van der Waals surface area contributed by atoms with Crippen LogP contribution in [0.25, 0.3) is 11.1 Å². The van der Waals surface area contributed by atoms with Crippen LogP contribution in [0.1, 0.15) is 44.5 Å². The van der Waals surface area contributed by atoms with Crippen LogP contribution in [-0.2, 0) is 23.0 Å². The first kappa shape index (κ1) is 27.9. The number of pyridine rings is 1. The number of aromatic nitrogens is 1. The minimum Gasteiger partial charge on any atom is -0.481 e. The third-order valence-corrected chi connectivity index (χ3v) is 7.83. The SMILES string of the molecule is CC(C)N1CC(C)(C)Oc2c(F)cc(-c3cc(Cc4ccc(CN(C)S(C)(=O)=O)c(F)c4)ncc3F)cc21. The Hall–Kier alpha value is -3.11. The number of rotatable bonds is 7. The van der Waals surface area contributed by atoms with Crippen LogP contribution < -0.4 is 9.64 Å². The van der Waals surface area contributed by atoms with Crippen molar-refractivity contribution in [2.24, 2.45) is 0 Å². The number of fused-ring (bicyclic) bond motifs is 1. The van der Waals surface area contributed by atoms with E-state index in [-0.39, 0.29) is 35.9 Å². The predicted molar refractivity (Wildman–Crippen MR) is 142 cm³/mol. The molecule has 0 amide bonds. The van der Waals surface area contributed by atoms with Gasteiger partial charge in [-0.05, 0) is 63.1 Å². The lowest BCUT2D eigenvalue weighted by molar-refractivity contribution is 0.0967. The number of sulfonamides is 1. The molecule has 1 aliphatic rings. The number of halogens is 3. The van der Waals surface area contributed by atoms with E-state index in [1.54, 1.807) is 12.1 Å². The molecule has 0 saturated heterocycles. The van der Waals surface area contributed by atoms with Gasteiger partial charge in [0.25, 0.3) is 0 Å². The topological polar surface area (TPSA) is 62.7 Å². The molecule has 0 saturated carbocycles.